The number of hydrogen-bond donors (Lipinski definition) is 2. The van der Waals surface area contributed by atoms with Gasteiger partial charge in [0, 0.05) is 25.9 Å². The first-order chi connectivity index (χ1) is 8.73. The molecule has 0 saturated heterocycles. The molecule has 0 fully saturated rings. The molecule has 0 rings (SSSR count). The average molecular weight is 270 g/mol. The minimum absolute atomic E-state index is 0.00453. The second kappa shape index (κ2) is 8.43. The van der Waals surface area contributed by atoms with Crippen molar-refractivity contribution in [2.24, 2.45) is 5.41 Å². The van der Waals surface area contributed by atoms with E-state index >= 15 is 0 Å². The molecule has 2 atom stereocenters. The molecule has 0 saturated carbocycles. The van der Waals surface area contributed by atoms with Gasteiger partial charge in [0.15, 0.2) is 0 Å². The van der Waals surface area contributed by atoms with Gasteiger partial charge in [-0.1, -0.05) is 27.7 Å². The smallest absolute Gasteiger partial charge is 0.149 e. The lowest BCUT2D eigenvalue weighted by Gasteiger charge is -2.28. The molecule has 0 aromatic rings. The van der Waals surface area contributed by atoms with Gasteiger partial charge in [0.1, 0.15) is 11.6 Å². The number of ketones is 2. The maximum Gasteiger partial charge on any atom is 0.149 e. The Kier molecular flexibility index (Phi) is 8.11. The summed E-state index contributed by atoms with van der Waals surface area (Å²) < 4.78 is 0. The van der Waals surface area contributed by atoms with Gasteiger partial charge in [0.05, 0.1) is 12.1 Å². The van der Waals surface area contributed by atoms with Crippen LogP contribution in [0.3, 0.4) is 0 Å². The Bertz CT molecular complexity index is 273. The van der Waals surface area contributed by atoms with Crippen LogP contribution in [0.25, 0.3) is 0 Å². The summed E-state index contributed by atoms with van der Waals surface area (Å²) in [7, 11) is 0. The van der Waals surface area contributed by atoms with Crippen molar-refractivity contribution < 1.29 is 9.59 Å². The molecule has 0 aliphatic rings. The van der Waals surface area contributed by atoms with Crippen molar-refractivity contribution in [1.29, 1.82) is 0 Å². The summed E-state index contributed by atoms with van der Waals surface area (Å²) in [5, 5.41) is 6.53. The maximum absolute atomic E-state index is 11.5. The highest BCUT2D eigenvalue weighted by Gasteiger charge is 2.22. The Morgan fingerprint density at radius 1 is 0.895 bits per heavy atom. The van der Waals surface area contributed by atoms with Gasteiger partial charge in [-0.3, -0.25) is 9.59 Å². The van der Waals surface area contributed by atoms with E-state index in [2.05, 4.69) is 24.5 Å². The van der Waals surface area contributed by atoms with Crippen LogP contribution in [-0.2, 0) is 9.59 Å². The first kappa shape index (κ1) is 18.3. The van der Waals surface area contributed by atoms with Gasteiger partial charge in [-0.2, -0.15) is 0 Å². The normalized spacial score (nSPS) is 15.1. The van der Waals surface area contributed by atoms with Crippen molar-refractivity contribution in [3.63, 3.8) is 0 Å². The zero-order valence-corrected chi connectivity index (χ0v) is 13.3. The molecule has 0 aliphatic carbocycles. The van der Waals surface area contributed by atoms with Crippen molar-refractivity contribution in [2.45, 2.75) is 66.5 Å². The lowest BCUT2D eigenvalue weighted by Crippen LogP contribution is -2.46. The predicted octanol–water partition coefficient (Wildman–Crippen LogP) is 1.93. The average Bonchev–Trinajstić information content (AvgIpc) is 2.40. The van der Waals surface area contributed by atoms with Crippen molar-refractivity contribution in [3.05, 3.63) is 0 Å². The molecule has 0 aromatic carbocycles. The van der Waals surface area contributed by atoms with Gasteiger partial charge in [-0.05, 0) is 19.3 Å². The first-order valence-electron chi connectivity index (χ1n) is 7.25. The van der Waals surface area contributed by atoms with E-state index in [0.717, 1.165) is 13.1 Å². The van der Waals surface area contributed by atoms with E-state index in [0.29, 0.717) is 12.8 Å². The van der Waals surface area contributed by atoms with Crippen molar-refractivity contribution in [3.8, 4) is 0 Å². The first-order valence-corrected chi connectivity index (χ1v) is 7.25. The third-order valence-corrected chi connectivity index (χ3v) is 3.44. The molecule has 0 bridgehead atoms. The number of rotatable bonds is 10. The summed E-state index contributed by atoms with van der Waals surface area (Å²) >= 11 is 0. The quantitative estimate of drug-likeness (QED) is 0.637. The predicted molar refractivity (Wildman–Crippen MR) is 79.3 cm³/mol. The van der Waals surface area contributed by atoms with E-state index in [9.17, 15) is 9.59 Å². The molecule has 4 heteroatoms. The van der Waals surface area contributed by atoms with Gasteiger partial charge < -0.3 is 10.6 Å². The molecule has 2 unspecified atom stereocenters. The van der Waals surface area contributed by atoms with Crippen LogP contribution >= 0.6 is 0 Å². The second-order valence-corrected chi connectivity index (χ2v) is 6.01. The number of carbonyl (C=O) groups is 2. The van der Waals surface area contributed by atoms with Crippen LogP contribution in [0.2, 0.25) is 0 Å². The van der Waals surface area contributed by atoms with Crippen LogP contribution in [0.5, 0.6) is 0 Å². The summed E-state index contributed by atoms with van der Waals surface area (Å²) in [4.78, 5) is 23.0. The number of hydrogen-bond acceptors (Lipinski definition) is 4. The van der Waals surface area contributed by atoms with Crippen molar-refractivity contribution in [1.82, 2.24) is 10.6 Å². The highest BCUT2D eigenvalue weighted by molar-refractivity contribution is 5.83. The minimum Gasteiger partial charge on any atom is -0.307 e. The van der Waals surface area contributed by atoms with Gasteiger partial charge >= 0.3 is 0 Å². The van der Waals surface area contributed by atoms with Crippen molar-refractivity contribution >= 4 is 11.6 Å². The summed E-state index contributed by atoms with van der Waals surface area (Å²) in [6, 6.07) is -0.196. The molecule has 4 nitrogen and oxygen atoms in total. The number of nitrogens with one attached hydrogen (secondary N) is 2. The molecule has 112 valence electrons. The van der Waals surface area contributed by atoms with E-state index in [-0.39, 0.29) is 29.1 Å². The largest absolute Gasteiger partial charge is 0.307 e. The van der Waals surface area contributed by atoms with Crippen molar-refractivity contribution in [2.75, 3.05) is 13.1 Å². The van der Waals surface area contributed by atoms with Crippen LogP contribution in [0.15, 0.2) is 0 Å². The Balaban J connectivity index is 4.11. The standard InChI is InChI=1S/C15H30N2O2/c1-7-13(18)11(3)16-9-15(5,6)10-17-12(4)14(19)8-2/h11-12,16-17H,7-10H2,1-6H3. The summed E-state index contributed by atoms with van der Waals surface area (Å²) in [5.74, 6) is 0.469. The van der Waals surface area contributed by atoms with Crippen LogP contribution in [0.4, 0.5) is 0 Å². The topological polar surface area (TPSA) is 58.2 Å². The zero-order chi connectivity index (χ0) is 15.1. The Hall–Kier alpha value is -0.740. The maximum atomic E-state index is 11.5. The SMILES string of the molecule is CCC(=O)C(C)NCC(C)(C)CNC(C)C(=O)CC. The molecular weight excluding hydrogens is 240 g/mol. The van der Waals surface area contributed by atoms with Gasteiger partial charge in [0.2, 0.25) is 0 Å². The molecule has 0 aromatic heterocycles. The van der Waals surface area contributed by atoms with E-state index < -0.39 is 0 Å². The fourth-order valence-corrected chi connectivity index (χ4v) is 1.76. The monoisotopic (exact) mass is 270 g/mol. The van der Waals surface area contributed by atoms with Crippen LogP contribution in [0.1, 0.15) is 54.4 Å². The van der Waals surface area contributed by atoms with E-state index in [4.69, 9.17) is 0 Å². The lowest BCUT2D eigenvalue weighted by atomic mass is 9.92. The third kappa shape index (κ3) is 7.43. The number of carbonyl (C=O) groups excluding carboxylic acids is 2. The van der Waals surface area contributed by atoms with Crippen LogP contribution in [-0.4, -0.2) is 36.7 Å². The fourth-order valence-electron chi connectivity index (χ4n) is 1.76. The summed E-state index contributed by atoms with van der Waals surface area (Å²) in [6.45, 7) is 13.3. The summed E-state index contributed by atoms with van der Waals surface area (Å²) in [6.07, 6.45) is 1.13. The number of Topliss-reactive ketones (excluding diaryl/α,β-unsaturated/α-hetero) is 2. The van der Waals surface area contributed by atoms with E-state index in [1.54, 1.807) is 0 Å². The molecule has 0 radical (unpaired) electrons. The second-order valence-electron chi connectivity index (χ2n) is 6.01. The third-order valence-electron chi connectivity index (χ3n) is 3.44. The molecule has 0 heterocycles. The minimum atomic E-state index is -0.0982. The lowest BCUT2D eigenvalue weighted by molar-refractivity contribution is -0.121. The molecular formula is C15H30N2O2. The van der Waals surface area contributed by atoms with Gasteiger partial charge in [-0.25, -0.2) is 0 Å². The fraction of sp³-hybridized carbons (Fsp3) is 0.867. The van der Waals surface area contributed by atoms with Gasteiger partial charge in [0.25, 0.3) is 0 Å². The molecule has 19 heavy (non-hydrogen) atoms. The molecule has 0 aliphatic heterocycles. The van der Waals surface area contributed by atoms with Gasteiger partial charge in [-0.15, -0.1) is 0 Å². The van der Waals surface area contributed by atoms with Crippen LogP contribution in [0, 0.1) is 5.41 Å². The van der Waals surface area contributed by atoms with E-state index in [1.807, 2.05) is 27.7 Å². The highest BCUT2D eigenvalue weighted by atomic mass is 16.1. The Labute approximate surface area is 117 Å². The summed E-state index contributed by atoms with van der Waals surface area (Å²) in [5.41, 5.74) is 0.00453. The molecule has 0 amide bonds. The van der Waals surface area contributed by atoms with E-state index in [1.165, 1.54) is 0 Å². The Morgan fingerprint density at radius 3 is 1.47 bits per heavy atom. The Morgan fingerprint density at radius 2 is 1.21 bits per heavy atom. The zero-order valence-electron chi connectivity index (χ0n) is 13.3. The molecule has 0 spiro atoms. The molecule has 2 N–H and O–H groups in total. The highest BCUT2D eigenvalue weighted by Crippen LogP contribution is 2.13. The van der Waals surface area contributed by atoms with Crippen LogP contribution < -0.4 is 10.6 Å².